The highest BCUT2D eigenvalue weighted by Gasteiger charge is 2.48. The van der Waals surface area contributed by atoms with Crippen molar-refractivity contribution in [3.8, 4) is 5.75 Å². The number of hydrogen-bond acceptors (Lipinski definition) is 7. The van der Waals surface area contributed by atoms with Crippen LogP contribution in [0.3, 0.4) is 0 Å². The number of ether oxygens (including phenoxy) is 2. The third-order valence-electron chi connectivity index (χ3n) is 6.12. The number of nitrogens with zero attached hydrogens (tertiary/aromatic N) is 4. The van der Waals surface area contributed by atoms with Crippen molar-refractivity contribution in [2.45, 2.75) is 25.4 Å². The van der Waals surface area contributed by atoms with Crippen LogP contribution < -0.4 is 9.64 Å². The molecule has 2 amide bonds. The lowest BCUT2D eigenvalue weighted by molar-refractivity contribution is -0.120. The van der Waals surface area contributed by atoms with Gasteiger partial charge in [0.25, 0.3) is 11.8 Å². The lowest BCUT2D eigenvalue weighted by Crippen LogP contribution is -2.47. The lowest BCUT2D eigenvalue weighted by atomic mass is 10.1. The highest BCUT2D eigenvalue weighted by molar-refractivity contribution is 6.37. The summed E-state index contributed by atoms with van der Waals surface area (Å²) < 4.78 is 11.6. The van der Waals surface area contributed by atoms with Gasteiger partial charge in [-0.05, 0) is 38.0 Å². The fraction of sp³-hybridized carbons (Fsp3) is 0.391. The lowest BCUT2D eigenvalue weighted by Gasteiger charge is -2.34. The molecule has 5 rings (SSSR count). The van der Waals surface area contributed by atoms with Crippen molar-refractivity contribution in [3.05, 3.63) is 54.2 Å². The molecule has 3 aliphatic heterocycles. The van der Waals surface area contributed by atoms with Crippen LogP contribution in [-0.2, 0) is 9.53 Å². The zero-order valence-corrected chi connectivity index (χ0v) is 18.0. The van der Waals surface area contributed by atoms with Crippen LogP contribution in [0.25, 0.3) is 0 Å². The smallest absolute Gasteiger partial charge is 0.275 e. The quantitative estimate of drug-likeness (QED) is 0.730. The van der Waals surface area contributed by atoms with E-state index < -0.39 is 5.91 Å². The van der Waals surface area contributed by atoms with Crippen molar-refractivity contribution in [3.63, 3.8) is 0 Å². The zero-order valence-electron chi connectivity index (χ0n) is 18.0. The van der Waals surface area contributed by atoms with E-state index in [1.54, 1.807) is 30.6 Å². The van der Waals surface area contributed by atoms with E-state index in [-0.39, 0.29) is 17.2 Å². The maximum Gasteiger partial charge on any atom is 0.275 e. The maximum atomic E-state index is 13.1. The topological polar surface area (TPSA) is 99.1 Å². The number of fused-ring (bicyclic) bond motifs is 1. The van der Waals surface area contributed by atoms with Gasteiger partial charge in [0.15, 0.2) is 11.6 Å². The minimum absolute atomic E-state index is 0.0584. The summed E-state index contributed by atoms with van der Waals surface area (Å²) >= 11 is 0. The number of amides is 2. The molecule has 9 nitrogen and oxygen atoms in total. The number of carbonyl (C=O) groups is 2. The molecule has 1 aliphatic carbocycles. The van der Waals surface area contributed by atoms with Crippen molar-refractivity contribution >= 4 is 23.3 Å². The number of carbonyl (C=O) groups excluding carboxylic acids is 2. The van der Waals surface area contributed by atoms with Gasteiger partial charge in [-0.25, -0.2) is 4.98 Å². The molecular weight excluding hydrogens is 410 g/mol. The second-order valence-corrected chi connectivity index (χ2v) is 8.48. The van der Waals surface area contributed by atoms with Gasteiger partial charge in [0.2, 0.25) is 0 Å². The van der Waals surface area contributed by atoms with Gasteiger partial charge in [0, 0.05) is 30.3 Å². The Morgan fingerprint density at radius 1 is 1.25 bits per heavy atom. The van der Waals surface area contributed by atoms with Gasteiger partial charge in [0.05, 0.1) is 36.6 Å². The van der Waals surface area contributed by atoms with Crippen molar-refractivity contribution < 1.29 is 19.1 Å². The predicted octanol–water partition coefficient (Wildman–Crippen LogP) is 2.08. The van der Waals surface area contributed by atoms with E-state index in [1.807, 2.05) is 9.80 Å². The Labute approximate surface area is 186 Å². The number of morpholine rings is 1. The molecule has 1 saturated carbocycles. The van der Waals surface area contributed by atoms with Crippen LogP contribution in [-0.4, -0.2) is 70.8 Å². The molecule has 1 saturated heterocycles. The molecule has 1 aromatic heterocycles. The van der Waals surface area contributed by atoms with Crippen molar-refractivity contribution in [1.29, 1.82) is 5.41 Å². The van der Waals surface area contributed by atoms with E-state index in [1.165, 1.54) is 11.8 Å². The molecule has 0 atom stereocenters. The van der Waals surface area contributed by atoms with Gasteiger partial charge in [-0.2, -0.15) is 0 Å². The fourth-order valence-corrected chi connectivity index (χ4v) is 4.19. The van der Waals surface area contributed by atoms with E-state index >= 15 is 0 Å². The Balaban J connectivity index is 1.36. The van der Waals surface area contributed by atoms with Crippen LogP contribution >= 0.6 is 0 Å². The predicted molar refractivity (Wildman–Crippen MR) is 118 cm³/mol. The van der Waals surface area contributed by atoms with Crippen molar-refractivity contribution in [2.24, 2.45) is 0 Å². The third kappa shape index (κ3) is 3.58. The van der Waals surface area contributed by atoms with Gasteiger partial charge in [-0.1, -0.05) is 6.58 Å². The minimum Gasteiger partial charge on any atom is -0.488 e. The Morgan fingerprint density at radius 3 is 2.78 bits per heavy atom. The second kappa shape index (κ2) is 7.59. The SMILES string of the molecule is C=C1C=C(N2CCOc3cc(C(=O)N4CCOC5(CC5)C4)cnc32)C=CN1C(=O)C(C)=N. The van der Waals surface area contributed by atoms with Gasteiger partial charge in [0.1, 0.15) is 6.61 Å². The van der Waals surface area contributed by atoms with Crippen molar-refractivity contribution in [2.75, 3.05) is 37.7 Å². The molecule has 1 spiro atoms. The van der Waals surface area contributed by atoms with Gasteiger partial charge in [-0.15, -0.1) is 0 Å². The van der Waals surface area contributed by atoms with Gasteiger partial charge < -0.3 is 19.3 Å². The number of allylic oxidation sites excluding steroid dienone is 2. The summed E-state index contributed by atoms with van der Waals surface area (Å²) in [5.41, 5.74) is 1.59. The molecule has 166 valence electrons. The van der Waals surface area contributed by atoms with E-state index in [2.05, 4.69) is 11.6 Å². The summed E-state index contributed by atoms with van der Waals surface area (Å²) in [5.74, 6) is 0.684. The molecule has 0 aromatic carbocycles. The fourth-order valence-electron chi connectivity index (χ4n) is 4.19. The second-order valence-electron chi connectivity index (χ2n) is 8.48. The molecular formula is C23H25N5O4. The van der Waals surface area contributed by atoms with E-state index in [0.717, 1.165) is 18.5 Å². The molecule has 1 N–H and O–H groups in total. The Hall–Kier alpha value is -3.46. The summed E-state index contributed by atoms with van der Waals surface area (Å²) in [4.78, 5) is 34.9. The average Bonchev–Trinajstić information content (AvgIpc) is 3.55. The highest BCUT2D eigenvalue weighted by atomic mass is 16.5. The zero-order chi connectivity index (χ0) is 22.5. The van der Waals surface area contributed by atoms with Crippen LogP contribution in [0.4, 0.5) is 5.82 Å². The van der Waals surface area contributed by atoms with Crippen LogP contribution in [0.1, 0.15) is 30.1 Å². The van der Waals surface area contributed by atoms with E-state index in [0.29, 0.717) is 55.7 Å². The van der Waals surface area contributed by atoms with Gasteiger partial charge in [-0.3, -0.25) is 19.9 Å². The van der Waals surface area contributed by atoms with Crippen LogP contribution in [0.5, 0.6) is 5.75 Å². The monoisotopic (exact) mass is 435 g/mol. The molecule has 4 aliphatic rings. The summed E-state index contributed by atoms with van der Waals surface area (Å²) in [6.45, 7) is 8.17. The Bertz CT molecular complexity index is 1090. The molecule has 9 heteroatoms. The third-order valence-corrected chi connectivity index (χ3v) is 6.12. The van der Waals surface area contributed by atoms with Crippen LogP contribution in [0.2, 0.25) is 0 Å². The van der Waals surface area contributed by atoms with Crippen LogP contribution in [0.15, 0.2) is 48.6 Å². The summed E-state index contributed by atoms with van der Waals surface area (Å²) in [7, 11) is 0. The first-order valence-corrected chi connectivity index (χ1v) is 10.7. The standard InChI is InChI=1S/C23H25N5O4/c1-15-11-18(3-6-27(15)21(29)16(2)24)28-8-9-31-19-12-17(13-25-20(19)28)22(30)26-7-10-32-23(14-26)4-5-23/h3,6,11-13,24H,1,4-5,7-10,14H2,2H3. The first-order chi connectivity index (χ1) is 15.4. The number of aromatic nitrogens is 1. The molecule has 2 fully saturated rings. The first kappa shape index (κ1) is 20.4. The number of rotatable bonds is 3. The normalized spacial score (nSPS) is 21.1. The molecule has 0 bridgehead atoms. The number of anilines is 1. The first-order valence-electron chi connectivity index (χ1n) is 10.7. The highest BCUT2D eigenvalue weighted by Crippen LogP contribution is 2.42. The van der Waals surface area contributed by atoms with Crippen molar-refractivity contribution in [1.82, 2.24) is 14.8 Å². The molecule has 1 aromatic rings. The molecule has 4 heterocycles. The number of nitrogens with one attached hydrogen (secondary N) is 1. The number of pyridine rings is 1. The average molecular weight is 435 g/mol. The van der Waals surface area contributed by atoms with Gasteiger partial charge >= 0.3 is 0 Å². The van der Waals surface area contributed by atoms with Crippen LogP contribution in [0, 0.1) is 5.41 Å². The maximum absolute atomic E-state index is 13.1. The number of hydrogen-bond donors (Lipinski definition) is 1. The molecule has 0 unspecified atom stereocenters. The van der Waals surface area contributed by atoms with E-state index in [9.17, 15) is 9.59 Å². The molecule has 32 heavy (non-hydrogen) atoms. The largest absolute Gasteiger partial charge is 0.488 e. The summed E-state index contributed by atoms with van der Waals surface area (Å²) in [6, 6.07) is 1.75. The minimum atomic E-state index is -0.415. The van der Waals surface area contributed by atoms with E-state index in [4.69, 9.17) is 14.9 Å². The molecule has 0 radical (unpaired) electrons. The summed E-state index contributed by atoms with van der Waals surface area (Å²) in [6.07, 6.45) is 8.78. The summed E-state index contributed by atoms with van der Waals surface area (Å²) in [5, 5.41) is 7.56. The Morgan fingerprint density at radius 2 is 2.06 bits per heavy atom. The Kier molecular flexibility index (Phi) is 4.85.